The molecule has 126 valence electrons. The molecule has 2 N–H and O–H groups in total. The third kappa shape index (κ3) is 2.92. The predicted molar refractivity (Wildman–Crippen MR) is 93.7 cm³/mol. The summed E-state index contributed by atoms with van der Waals surface area (Å²) in [4.78, 5) is 27.7. The van der Waals surface area contributed by atoms with E-state index in [2.05, 4.69) is 10.3 Å². The van der Waals surface area contributed by atoms with Crippen molar-refractivity contribution in [3.8, 4) is 11.5 Å². The zero-order chi connectivity index (χ0) is 17.4. The van der Waals surface area contributed by atoms with Crippen LogP contribution in [0.4, 0.5) is 5.69 Å². The Morgan fingerprint density at radius 1 is 1.04 bits per heavy atom. The number of nitrogens with one attached hydrogen (secondary N) is 2. The molecule has 4 rings (SSSR count). The molecule has 0 bridgehead atoms. The van der Waals surface area contributed by atoms with Gasteiger partial charge in [-0.15, -0.1) is 0 Å². The third-order valence-corrected chi connectivity index (χ3v) is 4.13. The van der Waals surface area contributed by atoms with Gasteiger partial charge >= 0.3 is 0 Å². The average Bonchev–Trinajstić information content (AvgIpc) is 3.03. The summed E-state index contributed by atoms with van der Waals surface area (Å²) in [6.45, 7) is 0.934. The summed E-state index contributed by atoms with van der Waals surface area (Å²) in [6, 6.07) is 10.1. The van der Waals surface area contributed by atoms with Gasteiger partial charge in [-0.1, -0.05) is 17.7 Å². The number of hydrogen-bond acceptors (Lipinski definition) is 4. The van der Waals surface area contributed by atoms with E-state index in [1.54, 1.807) is 36.4 Å². The van der Waals surface area contributed by atoms with Crippen LogP contribution in [-0.2, 0) is 4.79 Å². The Kier molecular flexibility index (Phi) is 3.82. The van der Waals surface area contributed by atoms with Crippen molar-refractivity contribution in [1.82, 2.24) is 4.98 Å². The lowest BCUT2D eigenvalue weighted by Crippen LogP contribution is -2.23. The van der Waals surface area contributed by atoms with Crippen molar-refractivity contribution in [2.45, 2.75) is 0 Å². The number of ether oxygens (including phenoxy) is 2. The SMILES string of the molecule is O=C(Nc1ccc2c(c1)OCCO2)C(=O)c1c[nH]c2cc(Cl)ccc12. The van der Waals surface area contributed by atoms with Crippen molar-refractivity contribution >= 4 is 39.9 Å². The Balaban J connectivity index is 1.57. The number of fused-ring (bicyclic) bond motifs is 2. The second kappa shape index (κ2) is 6.14. The van der Waals surface area contributed by atoms with Crippen molar-refractivity contribution in [3.05, 3.63) is 53.2 Å². The smallest absolute Gasteiger partial charge is 0.296 e. The number of halogens is 1. The summed E-state index contributed by atoms with van der Waals surface area (Å²) in [5, 5.41) is 3.79. The van der Waals surface area contributed by atoms with Crippen LogP contribution in [0.5, 0.6) is 11.5 Å². The van der Waals surface area contributed by atoms with Crippen LogP contribution in [0.15, 0.2) is 42.6 Å². The Bertz CT molecular complexity index is 996. The number of hydrogen-bond donors (Lipinski definition) is 2. The highest BCUT2D eigenvalue weighted by atomic mass is 35.5. The summed E-state index contributed by atoms with van der Waals surface area (Å²) in [5.74, 6) is -0.210. The van der Waals surface area contributed by atoms with E-state index in [1.807, 2.05) is 0 Å². The lowest BCUT2D eigenvalue weighted by atomic mass is 10.1. The number of benzene rings is 2. The number of aromatic nitrogens is 1. The highest BCUT2D eigenvalue weighted by Gasteiger charge is 2.21. The van der Waals surface area contributed by atoms with Crippen molar-refractivity contribution < 1.29 is 19.1 Å². The number of carbonyl (C=O) groups excluding carboxylic acids is 2. The molecule has 6 nitrogen and oxygen atoms in total. The molecule has 1 aromatic heterocycles. The van der Waals surface area contributed by atoms with Crippen LogP contribution in [-0.4, -0.2) is 29.9 Å². The van der Waals surface area contributed by atoms with Crippen molar-refractivity contribution in [2.24, 2.45) is 0 Å². The van der Waals surface area contributed by atoms with Gasteiger partial charge in [-0.05, 0) is 24.3 Å². The number of H-pyrrole nitrogens is 1. The van der Waals surface area contributed by atoms with Crippen LogP contribution in [0, 0.1) is 0 Å². The fraction of sp³-hybridized carbons (Fsp3) is 0.111. The molecule has 0 fully saturated rings. The fourth-order valence-electron chi connectivity index (χ4n) is 2.72. The Morgan fingerprint density at radius 3 is 2.68 bits per heavy atom. The van der Waals surface area contributed by atoms with Gasteiger partial charge < -0.3 is 19.8 Å². The minimum Gasteiger partial charge on any atom is -0.486 e. The molecule has 0 radical (unpaired) electrons. The van der Waals surface area contributed by atoms with E-state index in [0.717, 1.165) is 0 Å². The Labute approximate surface area is 147 Å². The number of rotatable bonds is 3. The molecule has 1 aliphatic rings. The van der Waals surface area contributed by atoms with Crippen LogP contribution in [0.1, 0.15) is 10.4 Å². The fourth-order valence-corrected chi connectivity index (χ4v) is 2.89. The molecule has 0 saturated carbocycles. The first-order valence-corrected chi connectivity index (χ1v) is 8.01. The van der Waals surface area contributed by atoms with Gasteiger partial charge in [0.25, 0.3) is 11.7 Å². The van der Waals surface area contributed by atoms with Crippen LogP contribution >= 0.6 is 11.6 Å². The number of amides is 1. The molecular weight excluding hydrogens is 344 g/mol. The monoisotopic (exact) mass is 356 g/mol. The first-order valence-electron chi connectivity index (χ1n) is 7.64. The summed E-state index contributed by atoms with van der Waals surface area (Å²) in [5.41, 5.74) is 1.45. The van der Waals surface area contributed by atoms with E-state index in [9.17, 15) is 9.59 Å². The van der Waals surface area contributed by atoms with Crippen LogP contribution in [0.2, 0.25) is 5.02 Å². The maximum absolute atomic E-state index is 12.5. The molecule has 0 spiro atoms. The molecule has 7 heteroatoms. The Morgan fingerprint density at radius 2 is 1.84 bits per heavy atom. The van der Waals surface area contributed by atoms with Gasteiger partial charge in [0, 0.05) is 33.9 Å². The van der Waals surface area contributed by atoms with Gasteiger partial charge in [0.2, 0.25) is 0 Å². The van der Waals surface area contributed by atoms with Crippen molar-refractivity contribution in [2.75, 3.05) is 18.5 Å². The summed E-state index contributed by atoms with van der Waals surface area (Å²) in [7, 11) is 0. The molecule has 0 unspecified atom stereocenters. The zero-order valence-electron chi connectivity index (χ0n) is 13.0. The number of aromatic amines is 1. The normalized spacial score (nSPS) is 12.8. The van der Waals surface area contributed by atoms with E-state index in [0.29, 0.717) is 51.9 Å². The molecule has 1 aliphatic heterocycles. The molecule has 1 amide bonds. The third-order valence-electron chi connectivity index (χ3n) is 3.89. The largest absolute Gasteiger partial charge is 0.486 e. The molecule has 2 aromatic carbocycles. The van der Waals surface area contributed by atoms with E-state index in [-0.39, 0.29) is 0 Å². The molecule has 0 saturated heterocycles. The van der Waals surface area contributed by atoms with Gasteiger partial charge in [0.05, 0.1) is 5.56 Å². The van der Waals surface area contributed by atoms with E-state index in [4.69, 9.17) is 21.1 Å². The number of anilines is 1. The summed E-state index contributed by atoms with van der Waals surface area (Å²) in [6.07, 6.45) is 1.51. The standard InChI is InChI=1S/C18H13ClN2O4/c19-10-1-3-12-13(9-20-14(12)7-10)17(22)18(23)21-11-2-4-15-16(8-11)25-6-5-24-15/h1-4,7-9,20H,5-6H2,(H,21,23). The van der Waals surface area contributed by atoms with Crippen molar-refractivity contribution in [1.29, 1.82) is 0 Å². The minimum atomic E-state index is -0.729. The van der Waals surface area contributed by atoms with Crippen LogP contribution in [0.25, 0.3) is 10.9 Å². The maximum Gasteiger partial charge on any atom is 0.296 e. The second-order valence-electron chi connectivity index (χ2n) is 5.53. The van der Waals surface area contributed by atoms with Crippen molar-refractivity contribution in [3.63, 3.8) is 0 Å². The maximum atomic E-state index is 12.5. The minimum absolute atomic E-state index is 0.293. The lowest BCUT2D eigenvalue weighted by molar-refractivity contribution is -0.112. The number of carbonyl (C=O) groups is 2. The Hall–Kier alpha value is -2.99. The summed E-state index contributed by atoms with van der Waals surface area (Å²) >= 11 is 5.93. The zero-order valence-corrected chi connectivity index (χ0v) is 13.7. The molecular formula is C18H13ClN2O4. The van der Waals surface area contributed by atoms with Gasteiger partial charge in [0.1, 0.15) is 13.2 Å². The molecule has 0 aliphatic carbocycles. The first-order chi connectivity index (χ1) is 12.1. The van der Waals surface area contributed by atoms with E-state index >= 15 is 0 Å². The second-order valence-corrected chi connectivity index (χ2v) is 5.97. The predicted octanol–water partition coefficient (Wildman–Crippen LogP) is 3.41. The molecule has 0 atom stereocenters. The van der Waals surface area contributed by atoms with Gasteiger partial charge in [-0.2, -0.15) is 0 Å². The first kappa shape index (κ1) is 15.5. The lowest BCUT2D eigenvalue weighted by Gasteiger charge is -2.18. The number of Topliss-reactive ketones (excluding diaryl/α,β-unsaturated/α-hetero) is 1. The average molecular weight is 357 g/mol. The molecule has 3 aromatic rings. The summed E-state index contributed by atoms with van der Waals surface area (Å²) < 4.78 is 10.9. The topological polar surface area (TPSA) is 80.4 Å². The highest BCUT2D eigenvalue weighted by molar-refractivity contribution is 6.48. The quantitative estimate of drug-likeness (QED) is 0.556. The highest BCUT2D eigenvalue weighted by Crippen LogP contribution is 2.32. The molecule has 25 heavy (non-hydrogen) atoms. The molecule has 2 heterocycles. The van der Waals surface area contributed by atoms with E-state index < -0.39 is 11.7 Å². The van der Waals surface area contributed by atoms with Crippen LogP contribution in [0.3, 0.4) is 0 Å². The van der Waals surface area contributed by atoms with Gasteiger partial charge in [-0.3, -0.25) is 9.59 Å². The van der Waals surface area contributed by atoms with Crippen LogP contribution < -0.4 is 14.8 Å². The van der Waals surface area contributed by atoms with E-state index in [1.165, 1.54) is 6.20 Å². The van der Waals surface area contributed by atoms with Gasteiger partial charge in [-0.25, -0.2) is 0 Å². The number of ketones is 1. The van der Waals surface area contributed by atoms with Gasteiger partial charge in [0.15, 0.2) is 11.5 Å².